The van der Waals surface area contributed by atoms with Gasteiger partial charge in [0.25, 0.3) is 0 Å². The van der Waals surface area contributed by atoms with Gasteiger partial charge in [-0.3, -0.25) is 52.7 Å². The average molecular weight is 1230 g/mol. The third-order valence-electron chi connectivity index (χ3n) is 14.5. The highest BCUT2D eigenvalue weighted by Crippen LogP contribution is 2.13. The lowest BCUT2D eigenvalue weighted by Gasteiger charge is -2.29. The van der Waals surface area contributed by atoms with Crippen molar-refractivity contribution in [3.05, 3.63) is 35.9 Å². The zero-order valence-electron chi connectivity index (χ0n) is 51.4. The summed E-state index contributed by atoms with van der Waals surface area (Å²) in [6.07, 6.45) is 2.15. The Kier molecular flexibility index (Phi) is 36.1. The Balaban J connectivity index is 2.63. The van der Waals surface area contributed by atoms with E-state index in [2.05, 4.69) is 70.7 Å². The predicted octanol–water partition coefficient (Wildman–Crippen LogP) is -5.90. The average Bonchev–Trinajstić information content (AvgIpc) is 3.68. The number of rotatable bonds is 31. The van der Waals surface area contributed by atoms with Crippen molar-refractivity contribution in [2.24, 2.45) is 34.6 Å². The molecule has 13 atom stereocenters. The van der Waals surface area contributed by atoms with Crippen LogP contribution in [-0.2, 0) is 59.2 Å². The van der Waals surface area contributed by atoms with Crippen LogP contribution < -0.4 is 92.5 Å². The maximum absolute atomic E-state index is 14.5. The standard InChI is InChI=1S/C57H101N17O13/c1-7-8-9-10-11-15-18-36(63-6)47(77)65-39(21-26-60)52(82)74-46(34(5)76)57(87)72-44(31-62)55(85)69-41-23-28-64-56(86)45(33(4)75)73-51(81)40(22-27-61)67-48(78)37(19-24-58)68-53(83)42(29-32(2)3)70-54(84)43(30-35-16-13-12-14-17-35)71-49(79)38(20-25-59)66-50(41)80/h12-14,16-17,32-34,36-46,63,75-76H,7-11,15,18-31,58-62H2,1-6H3,(H,64,86)(H,65,77)(H,66,80)(H,67,78)(H,68,83)(H,69,85)(H,70,84)(H,71,79)(H,72,87)(H,73,81)(H,74,82)/t33-,34-,36+,37+,38+,39+,40+,41+,42+,43-,44+,45+,46+/m1/s1. The van der Waals surface area contributed by atoms with Gasteiger partial charge < -0.3 is 103 Å². The number of unbranched alkanes of at least 4 members (excludes halogenated alkanes) is 5. The first kappa shape index (κ1) is 76.2. The van der Waals surface area contributed by atoms with E-state index in [0.717, 1.165) is 38.5 Å². The lowest BCUT2D eigenvalue weighted by Crippen LogP contribution is -2.63. The van der Waals surface area contributed by atoms with Gasteiger partial charge in [-0.25, -0.2) is 0 Å². The van der Waals surface area contributed by atoms with Gasteiger partial charge in [-0.2, -0.15) is 0 Å². The second kappa shape index (κ2) is 41.3. The molecule has 492 valence electrons. The Morgan fingerprint density at radius 1 is 0.552 bits per heavy atom. The molecule has 87 heavy (non-hydrogen) atoms. The Morgan fingerprint density at radius 3 is 1.56 bits per heavy atom. The number of hydrogen-bond acceptors (Lipinski definition) is 19. The number of nitrogens with one attached hydrogen (secondary N) is 12. The first-order chi connectivity index (χ1) is 41.4. The highest BCUT2D eigenvalue weighted by atomic mass is 16.3. The van der Waals surface area contributed by atoms with Gasteiger partial charge in [-0.15, -0.1) is 0 Å². The number of hydrogen-bond donors (Lipinski definition) is 19. The van der Waals surface area contributed by atoms with Crippen LogP contribution in [0.15, 0.2) is 30.3 Å². The van der Waals surface area contributed by atoms with Gasteiger partial charge in [-0.05, 0) is 104 Å². The van der Waals surface area contributed by atoms with Gasteiger partial charge in [0.05, 0.1) is 18.2 Å². The molecule has 1 heterocycles. The van der Waals surface area contributed by atoms with E-state index in [1.165, 1.54) is 13.8 Å². The highest BCUT2D eigenvalue weighted by molar-refractivity contribution is 5.99. The number of benzene rings is 1. The van der Waals surface area contributed by atoms with Gasteiger partial charge in [-0.1, -0.05) is 89.6 Å². The molecule has 0 unspecified atom stereocenters. The van der Waals surface area contributed by atoms with Crippen LogP contribution in [0.4, 0.5) is 0 Å². The van der Waals surface area contributed by atoms with Crippen LogP contribution in [0.3, 0.4) is 0 Å². The summed E-state index contributed by atoms with van der Waals surface area (Å²) >= 11 is 0. The highest BCUT2D eigenvalue weighted by Gasteiger charge is 2.38. The molecule has 24 N–H and O–H groups in total. The van der Waals surface area contributed by atoms with E-state index in [0.29, 0.717) is 12.0 Å². The molecule has 1 aromatic rings. The van der Waals surface area contributed by atoms with E-state index in [1.807, 2.05) is 0 Å². The molecule has 30 heteroatoms. The van der Waals surface area contributed by atoms with Gasteiger partial charge in [0, 0.05) is 19.5 Å². The summed E-state index contributed by atoms with van der Waals surface area (Å²) in [6, 6.07) is -7.16. The first-order valence-electron chi connectivity index (χ1n) is 30.3. The van der Waals surface area contributed by atoms with E-state index >= 15 is 0 Å². The van der Waals surface area contributed by atoms with Crippen LogP contribution in [0, 0.1) is 5.92 Å². The Labute approximate surface area is 510 Å². The maximum atomic E-state index is 14.5. The lowest BCUT2D eigenvalue weighted by molar-refractivity contribution is -0.137. The lowest BCUT2D eigenvalue weighted by atomic mass is 10.00. The number of likely N-dealkylation sites (N-methyl/N-ethyl adjacent to an activating group) is 1. The summed E-state index contributed by atoms with van der Waals surface area (Å²) in [7, 11) is 1.62. The zero-order chi connectivity index (χ0) is 65.2. The molecule has 0 aliphatic carbocycles. The summed E-state index contributed by atoms with van der Waals surface area (Å²) in [4.78, 5) is 154. The van der Waals surface area contributed by atoms with Crippen LogP contribution in [0.1, 0.15) is 124 Å². The molecule has 2 rings (SSSR count). The molecule has 1 saturated heterocycles. The summed E-state index contributed by atoms with van der Waals surface area (Å²) in [6.45, 7) is 6.46. The van der Waals surface area contributed by atoms with Crippen LogP contribution >= 0.6 is 0 Å². The Hall–Kier alpha value is -6.93. The zero-order valence-corrected chi connectivity index (χ0v) is 51.4. The molecule has 1 aliphatic rings. The van der Waals surface area contributed by atoms with Crippen LogP contribution in [-0.4, -0.2) is 200 Å². The minimum Gasteiger partial charge on any atom is -0.391 e. The summed E-state index contributed by atoms with van der Waals surface area (Å²) in [5, 5.41) is 52.5. The van der Waals surface area contributed by atoms with Crippen molar-refractivity contribution in [3.8, 4) is 0 Å². The maximum Gasteiger partial charge on any atom is 0.245 e. The van der Waals surface area contributed by atoms with Crippen LogP contribution in [0.25, 0.3) is 0 Å². The fourth-order valence-corrected chi connectivity index (χ4v) is 9.48. The molecule has 0 saturated carbocycles. The van der Waals surface area contributed by atoms with Crippen molar-refractivity contribution in [3.63, 3.8) is 0 Å². The van der Waals surface area contributed by atoms with Crippen molar-refractivity contribution in [2.45, 2.75) is 203 Å². The third-order valence-corrected chi connectivity index (χ3v) is 14.5. The minimum atomic E-state index is -1.74. The number of aliphatic hydroxyl groups is 2. The molecule has 0 aromatic heterocycles. The molecule has 1 fully saturated rings. The summed E-state index contributed by atoms with van der Waals surface area (Å²) in [5.41, 5.74) is 30.1. The topological polar surface area (TPSA) is 503 Å². The molecule has 11 amide bonds. The van der Waals surface area contributed by atoms with Crippen molar-refractivity contribution in [2.75, 3.05) is 46.3 Å². The molecule has 0 spiro atoms. The SMILES string of the molecule is CCCCCCCC[C@H](NC)C(=O)N[C@@H](CCN)C(=O)N[C@H](C(=O)N[C@@H](CN)C(=O)N[C@H]1CCNC(=O)[C@H]([C@@H](C)O)NC(=O)[C@H](CCN)NC(=O)[C@H](CCN)NC(=O)[C@H](CC(C)C)NC(=O)[C@@H](Cc2ccccc2)NC(=O)[C@H](CCN)NC1=O)[C@@H](C)O. The number of amides is 11. The Bertz CT molecular complexity index is 2350. The second-order valence-electron chi connectivity index (χ2n) is 22.3. The quantitative estimate of drug-likeness (QED) is 0.0308. The van der Waals surface area contributed by atoms with Gasteiger partial charge in [0.1, 0.15) is 60.4 Å². The van der Waals surface area contributed by atoms with Gasteiger partial charge >= 0.3 is 0 Å². The van der Waals surface area contributed by atoms with Crippen molar-refractivity contribution >= 4 is 65.0 Å². The van der Waals surface area contributed by atoms with Crippen molar-refractivity contribution in [1.29, 1.82) is 0 Å². The number of carbonyl (C=O) groups is 11. The molecule has 0 bridgehead atoms. The predicted molar refractivity (Wildman–Crippen MR) is 324 cm³/mol. The molecular weight excluding hydrogens is 1130 g/mol. The summed E-state index contributed by atoms with van der Waals surface area (Å²) in [5.74, 6) is -10.2. The van der Waals surface area contributed by atoms with Gasteiger partial charge in [0.2, 0.25) is 65.0 Å². The fraction of sp³-hybridized carbons (Fsp3) is 0.702. The fourth-order valence-electron chi connectivity index (χ4n) is 9.48. The smallest absolute Gasteiger partial charge is 0.245 e. The summed E-state index contributed by atoms with van der Waals surface area (Å²) < 4.78 is 0. The van der Waals surface area contributed by atoms with E-state index in [-0.39, 0.29) is 70.6 Å². The number of carbonyl (C=O) groups excluding carboxylic acids is 11. The molecule has 30 nitrogen and oxygen atoms in total. The first-order valence-corrected chi connectivity index (χ1v) is 30.3. The monoisotopic (exact) mass is 1230 g/mol. The molecule has 1 aliphatic heterocycles. The molecule has 0 radical (unpaired) electrons. The van der Waals surface area contributed by atoms with Crippen molar-refractivity contribution < 1.29 is 63.0 Å². The largest absolute Gasteiger partial charge is 0.391 e. The number of aliphatic hydroxyl groups excluding tert-OH is 2. The Morgan fingerprint density at radius 2 is 1.05 bits per heavy atom. The van der Waals surface area contributed by atoms with E-state index in [9.17, 15) is 63.0 Å². The molecular formula is C57H101N17O13. The van der Waals surface area contributed by atoms with Crippen molar-refractivity contribution in [1.82, 2.24) is 63.8 Å². The normalized spacial score (nSPS) is 22.6. The van der Waals surface area contributed by atoms with E-state index < -0.39 is 163 Å². The van der Waals surface area contributed by atoms with Crippen LogP contribution in [0.2, 0.25) is 0 Å². The molecule has 1 aromatic carbocycles. The van der Waals surface area contributed by atoms with E-state index in [1.54, 1.807) is 51.2 Å². The minimum absolute atomic E-state index is 0.0423. The second-order valence-corrected chi connectivity index (χ2v) is 22.3. The van der Waals surface area contributed by atoms with E-state index in [4.69, 9.17) is 28.7 Å². The van der Waals surface area contributed by atoms with Gasteiger partial charge in [0.15, 0.2) is 0 Å². The third kappa shape index (κ3) is 27.3. The number of nitrogens with two attached hydrogens (primary N) is 5. The van der Waals surface area contributed by atoms with Crippen LogP contribution in [0.5, 0.6) is 0 Å².